The van der Waals surface area contributed by atoms with E-state index >= 15 is 0 Å². The topological polar surface area (TPSA) is 21.3 Å². The van der Waals surface area contributed by atoms with E-state index in [1.807, 2.05) is 0 Å². The predicted molar refractivity (Wildman–Crippen MR) is 75.0 cm³/mol. The maximum Gasteiger partial charge on any atom is 0.127 e. The molecule has 0 aromatic heterocycles. The molecule has 0 aliphatic carbocycles. The van der Waals surface area contributed by atoms with Crippen molar-refractivity contribution in [2.24, 2.45) is 5.92 Å². The molecule has 0 spiro atoms. The number of ether oxygens (including phenoxy) is 1. The van der Waals surface area contributed by atoms with E-state index in [-0.39, 0.29) is 6.10 Å². The smallest absolute Gasteiger partial charge is 0.127 e. The zero-order chi connectivity index (χ0) is 12.4. The van der Waals surface area contributed by atoms with Crippen LogP contribution in [0.15, 0.2) is 42.5 Å². The fourth-order valence-corrected chi connectivity index (χ4v) is 2.67. The summed E-state index contributed by atoms with van der Waals surface area (Å²) < 4.78 is 6.17. The maximum absolute atomic E-state index is 6.17. The number of fused-ring (bicyclic) bond motifs is 1. The van der Waals surface area contributed by atoms with Gasteiger partial charge in [0.2, 0.25) is 0 Å². The molecule has 0 amide bonds. The SMILES string of the molecule is CC(Oc1cccc2ccccc12)C1CCNC1. The van der Waals surface area contributed by atoms with Gasteiger partial charge in [-0.1, -0.05) is 36.4 Å². The van der Waals surface area contributed by atoms with Crippen LogP contribution in [0, 0.1) is 5.92 Å². The third kappa shape index (κ3) is 2.21. The van der Waals surface area contributed by atoms with Crippen LogP contribution < -0.4 is 10.1 Å². The minimum Gasteiger partial charge on any atom is -0.490 e. The Morgan fingerprint density at radius 1 is 1.17 bits per heavy atom. The van der Waals surface area contributed by atoms with Crippen LogP contribution in [-0.4, -0.2) is 19.2 Å². The Bertz CT molecular complexity index is 526. The molecule has 3 rings (SSSR count). The lowest BCUT2D eigenvalue weighted by Crippen LogP contribution is -2.25. The van der Waals surface area contributed by atoms with Gasteiger partial charge in [-0.15, -0.1) is 0 Å². The summed E-state index contributed by atoms with van der Waals surface area (Å²) in [6.07, 6.45) is 1.48. The molecule has 2 aromatic rings. The Morgan fingerprint density at radius 2 is 2.00 bits per heavy atom. The average Bonchev–Trinajstić information content (AvgIpc) is 2.93. The normalized spacial score (nSPS) is 21.1. The van der Waals surface area contributed by atoms with Gasteiger partial charge in [0.1, 0.15) is 5.75 Å². The number of benzene rings is 2. The molecule has 1 fully saturated rings. The second-order valence-electron chi connectivity index (χ2n) is 5.05. The third-order valence-electron chi connectivity index (χ3n) is 3.82. The molecule has 2 heteroatoms. The monoisotopic (exact) mass is 241 g/mol. The molecule has 1 heterocycles. The van der Waals surface area contributed by atoms with Crippen molar-refractivity contribution in [3.63, 3.8) is 0 Å². The largest absolute Gasteiger partial charge is 0.490 e. The molecule has 94 valence electrons. The van der Waals surface area contributed by atoms with Gasteiger partial charge in [-0.05, 0) is 31.3 Å². The van der Waals surface area contributed by atoms with Crippen LogP contribution in [0.2, 0.25) is 0 Å². The first-order chi connectivity index (χ1) is 8.84. The highest BCUT2D eigenvalue weighted by Gasteiger charge is 2.22. The Labute approximate surface area is 108 Å². The van der Waals surface area contributed by atoms with E-state index in [2.05, 4.69) is 54.7 Å². The molecule has 1 saturated heterocycles. The van der Waals surface area contributed by atoms with E-state index in [1.54, 1.807) is 0 Å². The summed E-state index contributed by atoms with van der Waals surface area (Å²) in [6.45, 7) is 4.37. The van der Waals surface area contributed by atoms with Gasteiger partial charge in [0.25, 0.3) is 0 Å². The van der Waals surface area contributed by atoms with E-state index in [1.165, 1.54) is 17.2 Å². The first kappa shape index (κ1) is 11.5. The first-order valence-electron chi connectivity index (χ1n) is 6.70. The number of nitrogens with one attached hydrogen (secondary N) is 1. The molecule has 2 atom stereocenters. The molecule has 18 heavy (non-hydrogen) atoms. The van der Waals surface area contributed by atoms with E-state index in [0.29, 0.717) is 5.92 Å². The third-order valence-corrected chi connectivity index (χ3v) is 3.82. The first-order valence-corrected chi connectivity index (χ1v) is 6.70. The van der Waals surface area contributed by atoms with Crippen molar-refractivity contribution in [1.82, 2.24) is 5.32 Å². The van der Waals surface area contributed by atoms with Gasteiger partial charge in [-0.3, -0.25) is 0 Å². The molecule has 2 aromatic carbocycles. The number of hydrogen-bond donors (Lipinski definition) is 1. The van der Waals surface area contributed by atoms with Crippen molar-refractivity contribution in [2.75, 3.05) is 13.1 Å². The Morgan fingerprint density at radius 3 is 2.83 bits per heavy atom. The number of hydrogen-bond acceptors (Lipinski definition) is 2. The van der Waals surface area contributed by atoms with E-state index in [4.69, 9.17) is 4.74 Å². The second-order valence-corrected chi connectivity index (χ2v) is 5.05. The minimum absolute atomic E-state index is 0.269. The van der Waals surface area contributed by atoms with Gasteiger partial charge in [0.15, 0.2) is 0 Å². The highest BCUT2D eigenvalue weighted by Crippen LogP contribution is 2.28. The highest BCUT2D eigenvalue weighted by molar-refractivity contribution is 5.88. The summed E-state index contributed by atoms with van der Waals surface area (Å²) in [5.74, 6) is 1.64. The van der Waals surface area contributed by atoms with Crippen molar-refractivity contribution < 1.29 is 4.74 Å². The van der Waals surface area contributed by atoms with Crippen LogP contribution in [0.1, 0.15) is 13.3 Å². The van der Waals surface area contributed by atoms with Gasteiger partial charge in [-0.25, -0.2) is 0 Å². The van der Waals surface area contributed by atoms with Crippen LogP contribution in [0.3, 0.4) is 0 Å². The van der Waals surface area contributed by atoms with E-state index in [9.17, 15) is 0 Å². The lowest BCUT2D eigenvalue weighted by atomic mass is 10.0. The fourth-order valence-electron chi connectivity index (χ4n) is 2.67. The summed E-state index contributed by atoms with van der Waals surface area (Å²) in [6, 6.07) is 14.7. The molecule has 1 N–H and O–H groups in total. The molecular weight excluding hydrogens is 222 g/mol. The lowest BCUT2D eigenvalue weighted by Gasteiger charge is -2.21. The molecule has 0 bridgehead atoms. The quantitative estimate of drug-likeness (QED) is 0.891. The summed E-state index contributed by atoms with van der Waals surface area (Å²) >= 11 is 0. The lowest BCUT2D eigenvalue weighted by molar-refractivity contribution is 0.163. The molecular formula is C16H19NO. The zero-order valence-electron chi connectivity index (χ0n) is 10.7. The van der Waals surface area contributed by atoms with Crippen LogP contribution in [0.4, 0.5) is 0 Å². The minimum atomic E-state index is 0.269. The highest BCUT2D eigenvalue weighted by atomic mass is 16.5. The van der Waals surface area contributed by atoms with Crippen molar-refractivity contribution in [2.45, 2.75) is 19.4 Å². The van der Waals surface area contributed by atoms with Gasteiger partial charge in [0.05, 0.1) is 6.10 Å². The van der Waals surface area contributed by atoms with Crippen molar-refractivity contribution >= 4 is 10.8 Å². The summed E-state index contributed by atoms with van der Waals surface area (Å²) in [5.41, 5.74) is 0. The van der Waals surface area contributed by atoms with Gasteiger partial charge < -0.3 is 10.1 Å². The van der Waals surface area contributed by atoms with E-state index in [0.717, 1.165) is 18.8 Å². The number of rotatable bonds is 3. The average molecular weight is 241 g/mol. The van der Waals surface area contributed by atoms with Crippen molar-refractivity contribution in [1.29, 1.82) is 0 Å². The predicted octanol–water partition coefficient (Wildman–Crippen LogP) is 3.22. The van der Waals surface area contributed by atoms with Crippen molar-refractivity contribution in [3.8, 4) is 5.75 Å². The summed E-state index contributed by atoms with van der Waals surface area (Å²) in [7, 11) is 0. The van der Waals surface area contributed by atoms with Gasteiger partial charge >= 0.3 is 0 Å². The second kappa shape index (κ2) is 4.99. The maximum atomic E-state index is 6.17. The standard InChI is InChI=1S/C16H19NO/c1-12(14-9-10-17-11-14)18-16-8-4-6-13-5-2-3-7-15(13)16/h2-8,12,14,17H,9-11H2,1H3. The van der Waals surface area contributed by atoms with Crippen LogP contribution in [0.25, 0.3) is 10.8 Å². The molecule has 2 nitrogen and oxygen atoms in total. The zero-order valence-corrected chi connectivity index (χ0v) is 10.7. The summed E-state index contributed by atoms with van der Waals surface area (Å²) in [5, 5.41) is 5.84. The molecule has 1 aliphatic rings. The Hall–Kier alpha value is -1.54. The fraction of sp³-hybridized carbons (Fsp3) is 0.375. The van der Waals surface area contributed by atoms with Gasteiger partial charge in [0, 0.05) is 17.8 Å². The Balaban J connectivity index is 1.85. The van der Waals surface area contributed by atoms with Crippen LogP contribution >= 0.6 is 0 Å². The Kier molecular flexibility index (Phi) is 3.20. The molecule has 0 radical (unpaired) electrons. The van der Waals surface area contributed by atoms with Crippen molar-refractivity contribution in [3.05, 3.63) is 42.5 Å². The molecule has 2 unspecified atom stereocenters. The molecule has 0 saturated carbocycles. The van der Waals surface area contributed by atoms with Crippen LogP contribution in [-0.2, 0) is 0 Å². The summed E-state index contributed by atoms with van der Waals surface area (Å²) in [4.78, 5) is 0. The molecule has 1 aliphatic heterocycles. The van der Waals surface area contributed by atoms with E-state index < -0.39 is 0 Å². The van der Waals surface area contributed by atoms with Gasteiger partial charge in [-0.2, -0.15) is 0 Å². The van der Waals surface area contributed by atoms with Crippen LogP contribution in [0.5, 0.6) is 5.75 Å².